The molecule has 2 rings (SSSR count). The number of rotatable bonds is 5. The van der Waals surface area contributed by atoms with Crippen molar-refractivity contribution in [3.05, 3.63) is 16.1 Å². The molecule has 1 aromatic rings. The lowest BCUT2D eigenvalue weighted by atomic mass is 9.82. The van der Waals surface area contributed by atoms with Crippen molar-refractivity contribution in [2.24, 2.45) is 11.8 Å². The van der Waals surface area contributed by atoms with Gasteiger partial charge in [0.1, 0.15) is 0 Å². The van der Waals surface area contributed by atoms with E-state index in [1.54, 1.807) is 11.3 Å². The van der Waals surface area contributed by atoms with Crippen LogP contribution in [0.15, 0.2) is 5.38 Å². The van der Waals surface area contributed by atoms with Gasteiger partial charge >= 0.3 is 5.97 Å². The van der Waals surface area contributed by atoms with E-state index in [1.807, 2.05) is 0 Å². The van der Waals surface area contributed by atoms with Crippen molar-refractivity contribution in [1.29, 1.82) is 0 Å². The molecule has 118 valence electrons. The van der Waals surface area contributed by atoms with Crippen molar-refractivity contribution in [3.63, 3.8) is 0 Å². The van der Waals surface area contributed by atoms with Crippen LogP contribution in [-0.2, 0) is 16.8 Å². The highest BCUT2D eigenvalue weighted by molar-refractivity contribution is 7.09. The van der Waals surface area contributed by atoms with E-state index >= 15 is 0 Å². The summed E-state index contributed by atoms with van der Waals surface area (Å²) in [6.45, 7) is 8.33. The summed E-state index contributed by atoms with van der Waals surface area (Å²) in [7, 11) is 0. The average molecular weight is 310 g/mol. The normalized spacial score (nSPS) is 23.2. The summed E-state index contributed by atoms with van der Waals surface area (Å²) in [6, 6.07) is 0. The Labute approximate surface area is 131 Å². The lowest BCUT2D eigenvalue weighted by Gasteiger charge is -2.26. The topological polar surface area (TPSA) is 62.2 Å². The van der Waals surface area contributed by atoms with E-state index in [9.17, 15) is 4.79 Å². The Bertz CT molecular complexity index is 471. The van der Waals surface area contributed by atoms with Gasteiger partial charge in [0.05, 0.1) is 16.6 Å². The first-order valence-electron chi connectivity index (χ1n) is 7.74. The minimum absolute atomic E-state index is 0.117. The first-order chi connectivity index (χ1) is 9.86. The summed E-state index contributed by atoms with van der Waals surface area (Å²) in [5.74, 6) is -0.131. The first-order valence-corrected chi connectivity index (χ1v) is 8.62. The molecule has 1 aliphatic rings. The molecule has 1 aliphatic carbocycles. The number of aliphatic carboxylic acids is 1. The molecule has 0 amide bonds. The van der Waals surface area contributed by atoms with E-state index in [4.69, 9.17) is 5.11 Å². The Kier molecular flexibility index (Phi) is 5.38. The van der Waals surface area contributed by atoms with Crippen molar-refractivity contribution >= 4 is 17.3 Å². The molecular formula is C16H26N2O2S. The SMILES string of the molecule is CC(C)(C)c1nc(CNCC2CCC(C(=O)O)CC2)cs1. The zero-order valence-electron chi connectivity index (χ0n) is 13.2. The van der Waals surface area contributed by atoms with E-state index < -0.39 is 5.97 Å². The molecule has 0 unspecified atom stereocenters. The van der Waals surface area contributed by atoms with Gasteiger partial charge in [0.25, 0.3) is 0 Å². The number of nitrogens with zero attached hydrogens (tertiary/aromatic N) is 1. The zero-order valence-corrected chi connectivity index (χ0v) is 14.0. The highest BCUT2D eigenvalue weighted by atomic mass is 32.1. The molecule has 0 radical (unpaired) electrons. The van der Waals surface area contributed by atoms with Crippen LogP contribution >= 0.6 is 11.3 Å². The fourth-order valence-corrected chi connectivity index (χ4v) is 3.66. The second-order valence-electron chi connectivity index (χ2n) is 7.08. The molecule has 5 heteroatoms. The number of hydrogen-bond donors (Lipinski definition) is 2. The van der Waals surface area contributed by atoms with Crippen molar-refractivity contribution in [1.82, 2.24) is 10.3 Å². The summed E-state index contributed by atoms with van der Waals surface area (Å²) in [5, 5.41) is 15.8. The molecule has 0 bridgehead atoms. The molecule has 2 N–H and O–H groups in total. The van der Waals surface area contributed by atoms with Gasteiger partial charge in [0, 0.05) is 17.3 Å². The van der Waals surface area contributed by atoms with Crippen LogP contribution in [0.2, 0.25) is 0 Å². The van der Waals surface area contributed by atoms with Gasteiger partial charge in [-0.3, -0.25) is 4.79 Å². The number of nitrogens with one attached hydrogen (secondary N) is 1. The number of aromatic nitrogens is 1. The molecule has 21 heavy (non-hydrogen) atoms. The van der Waals surface area contributed by atoms with E-state index in [0.717, 1.165) is 44.5 Å². The molecule has 1 saturated carbocycles. The minimum Gasteiger partial charge on any atom is -0.481 e. The van der Waals surface area contributed by atoms with Crippen molar-refractivity contribution in [2.75, 3.05) is 6.54 Å². The number of carboxylic acids is 1. The van der Waals surface area contributed by atoms with E-state index in [2.05, 4.69) is 36.5 Å². The van der Waals surface area contributed by atoms with E-state index in [-0.39, 0.29) is 11.3 Å². The average Bonchev–Trinajstić information content (AvgIpc) is 2.88. The Morgan fingerprint density at radius 1 is 1.38 bits per heavy atom. The summed E-state index contributed by atoms with van der Waals surface area (Å²) in [5.41, 5.74) is 1.24. The monoisotopic (exact) mass is 310 g/mol. The fourth-order valence-electron chi connectivity index (χ4n) is 2.75. The van der Waals surface area contributed by atoms with Gasteiger partial charge in [-0.05, 0) is 38.1 Å². The van der Waals surface area contributed by atoms with Gasteiger partial charge in [0.15, 0.2) is 0 Å². The van der Waals surface area contributed by atoms with Crippen molar-refractivity contribution < 1.29 is 9.90 Å². The quantitative estimate of drug-likeness (QED) is 0.875. The molecule has 4 nitrogen and oxygen atoms in total. The van der Waals surface area contributed by atoms with Gasteiger partial charge in [-0.1, -0.05) is 20.8 Å². The predicted molar refractivity (Wildman–Crippen MR) is 85.6 cm³/mol. The second-order valence-corrected chi connectivity index (χ2v) is 7.94. The first kappa shape index (κ1) is 16.4. The van der Waals surface area contributed by atoms with Gasteiger partial charge in [-0.25, -0.2) is 4.98 Å². The van der Waals surface area contributed by atoms with Crippen LogP contribution < -0.4 is 5.32 Å². The summed E-state index contributed by atoms with van der Waals surface area (Å²) in [6.07, 6.45) is 3.70. The highest BCUT2D eigenvalue weighted by Gasteiger charge is 2.25. The summed E-state index contributed by atoms with van der Waals surface area (Å²) >= 11 is 1.73. The Morgan fingerprint density at radius 2 is 2.05 bits per heavy atom. The minimum atomic E-state index is -0.626. The second kappa shape index (κ2) is 6.88. The number of thiazole rings is 1. The van der Waals surface area contributed by atoms with Crippen LogP contribution in [-0.4, -0.2) is 22.6 Å². The van der Waals surface area contributed by atoms with Crippen LogP contribution in [0.3, 0.4) is 0 Å². The fraction of sp³-hybridized carbons (Fsp3) is 0.750. The summed E-state index contributed by atoms with van der Waals surface area (Å²) in [4.78, 5) is 15.6. The number of carboxylic acid groups (broad SMARTS) is 1. The third-order valence-corrected chi connectivity index (χ3v) is 5.45. The van der Waals surface area contributed by atoms with Gasteiger partial charge in [0.2, 0.25) is 0 Å². The molecule has 1 aromatic heterocycles. The Morgan fingerprint density at radius 3 is 2.57 bits per heavy atom. The van der Waals surface area contributed by atoms with Crippen LogP contribution in [0.25, 0.3) is 0 Å². The lowest BCUT2D eigenvalue weighted by Crippen LogP contribution is -2.28. The summed E-state index contributed by atoms with van der Waals surface area (Å²) < 4.78 is 0. The smallest absolute Gasteiger partial charge is 0.306 e. The maximum atomic E-state index is 10.9. The zero-order chi connectivity index (χ0) is 15.5. The third-order valence-electron chi connectivity index (χ3n) is 4.13. The van der Waals surface area contributed by atoms with Crippen LogP contribution in [0.4, 0.5) is 0 Å². The maximum Gasteiger partial charge on any atom is 0.306 e. The van der Waals surface area contributed by atoms with Gasteiger partial charge in [-0.15, -0.1) is 11.3 Å². The molecule has 0 aromatic carbocycles. The van der Waals surface area contributed by atoms with Crippen molar-refractivity contribution in [2.45, 2.75) is 58.4 Å². The standard InChI is InChI=1S/C16H26N2O2S/c1-16(2,3)15-18-13(10-21-15)9-17-8-11-4-6-12(7-5-11)14(19)20/h10-12,17H,4-9H2,1-3H3,(H,19,20). The third kappa shape index (κ3) is 4.78. The van der Waals surface area contributed by atoms with Crippen LogP contribution in [0, 0.1) is 11.8 Å². The Hall–Kier alpha value is -0.940. The molecule has 0 spiro atoms. The Balaban J connectivity index is 1.71. The largest absolute Gasteiger partial charge is 0.481 e. The molecular weight excluding hydrogens is 284 g/mol. The highest BCUT2D eigenvalue weighted by Crippen LogP contribution is 2.29. The van der Waals surface area contributed by atoms with Gasteiger partial charge in [-0.2, -0.15) is 0 Å². The molecule has 0 aliphatic heterocycles. The predicted octanol–water partition coefficient (Wildman–Crippen LogP) is 3.42. The molecule has 0 atom stereocenters. The molecule has 1 heterocycles. The van der Waals surface area contributed by atoms with Crippen LogP contribution in [0.5, 0.6) is 0 Å². The molecule has 0 saturated heterocycles. The van der Waals surface area contributed by atoms with E-state index in [1.165, 1.54) is 5.01 Å². The maximum absolute atomic E-state index is 10.9. The van der Waals surface area contributed by atoms with Gasteiger partial charge < -0.3 is 10.4 Å². The number of hydrogen-bond acceptors (Lipinski definition) is 4. The molecule has 1 fully saturated rings. The lowest BCUT2D eigenvalue weighted by molar-refractivity contribution is -0.143. The van der Waals surface area contributed by atoms with Crippen LogP contribution in [0.1, 0.15) is 57.2 Å². The van der Waals surface area contributed by atoms with E-state index in [0.29, 0.717) is 5.92 Å². The van der Waals surface area contributed by atoms with Crippen molar-refractivity contribution in [3.8, 4) is 0 Å². The number of carbonyl (C=O) groups is 1.